The number of β-lactam (4-membered cyclic amide) rings is 1. The van der Waals surface area contributed by atoms with Gasteiger partial charge in [-0.2, -0.15) is 0 Å². The predicted octanol–water partition coefficient (Wildman–Crippen LogP) is 2.84. The number of likely N-dealkylation sites (tertiary alicyclic amines) is 1. The van der Waals surface area contributed by atoms with Crippen molar-refractivity contribution >= 4 is 11.8 Å². The van der Waals surface area contributed by atoms with E-state index in [1.54, 1.807) is 4.90 Å². The predicted molar refractivity (Wildman–Crippen MR) is 73.2 cm³/mol. The Balaban J connectivity index is 1.75. The Morgan fingerprint density at radius 1 is 1.11 bits per heavy atom. The van der Waals surface area contributed by atoms with Gasteiger partial charge in [0.1, 0.15) is 0 Å². The first kappa shape index (κ1) is 13.1. The molecule has 3 aliphatic rings. The van der Waals surface area contributed by atoms with Crippen LogP contribution in [-0.2, 0) is 9.59 Å². The molecule has 3 fully saturated rings. The van der Waals surface area contributed by atoms with E-state index in [9.17, 15) is 9.59 Å². The fraction of sp³-hybridized carbons (Fsp3) is 0.875. The van der Waals surface area contributed by atoms with Crippen molar-refractivity contribution in [1.29, 1.82) is 0 Å². The van der Waals surface area contributed by atoms with Crippen LogP contribution in [0.2, 0.25) is 0 Å². The molecule has 1 heterocycles. The Bertz CT molecular complexity index is 423. The van der Waals surface area contributed by atoms with E-state index in [1.165, 1.54) is 12.8 Å². The number of imide groups is 1. The number of carbonyl (C=O) groups excluding carboxylic acids is 2. The maximum atomic E-state index is 12.4. The van der Waals surface area contributed by atoms with Crippen LogP contribution in [0.25, 0.3) is 0 Å². The van der Waals surface area contributed by atoms with Crippen molar-refractivity contribution < 1.29 is 9.59 Å². The smallest absolute Gasteiger partial charge is 0.234 e. The average Bonchev–Trinajstić information content (AvgIpc) is 2.66. The van der Waals surface area contributed by atoms with Gasteiger partial charge in [-0.05, 0) is 43.4 Å². The number of rotatable bonds is 0. The minimum absolute atomic E-state index is 0.0169. The second kappa shape index (κ2) is 4.07. The zero-order valence-electron chi connectivity index (χ0n) is 12.5. The highest BCUT2D eigenvalue weighted by molar-refractivity contribution is 6.03. The van der Waals surface area contributed by atoms with Crippen molar-refractivity contribution in [1.82, 2.24) is 4.90 Å². The van der Waals surface area contributed by atoms with Crippen molar-refractivity contribution in [3.63, 3.8) is 0 Å². The van der Waals surface area contributed by atoms with E-state index in [4.69, 9.17) is 0 Å². The molecule has 3 nitrogen and oxygen atoms in total. The van der Waals surface area contributed by atoms with E-state index in [0.717, 1.165) is 30.6 Å². The fourth-order valence-corrected chi connectivity index (χ4v) is 4.47. The molecule has 0 spiro atoms. The summed E-state index contributed by atoms with van der Waals surface area (Å²) < 4.78 is 0. The Kier molecular flexibility index (Phi) is 2.81. The zero-order valence-corrected chi connectivity index (χ0v) is 12.5. The summed E-state index contributed by atoms with van der Waals surface area (Å²) in [4.78, 5) is 26.2. The van der Waals surface area contributed by atoms with Gasteiger partial charge < -0.3 is 0 Å². The van der Waals surface area contributed by atoms with Crippen molar-refractivity contribution in [2.45, 2.75) is 59.4 Å². The highest BCUT2D eigenvalue weighted by atomic mass is 16.2. The molecule has 5 unspecified atom stereocenters. The standard InChI is InChI=1S/C16H25NO2/c1-9-5-10-7-12-13(8-11(10)6-9)17(14(12)18)15(19)16(2,3)4/h9-13H,5-8H2,1-4H3. The third-order valence-electron chi connectivity index (χ3n) is 5.39. The van der Waals surface area contributed by atoms with E-state index in [0.29, 0.717) is 0 Å². The minimum atomic E-state index is -0.444. The summed E-state index contributed by atoms with van der Waals surface area (Å²) in [6, 6.07) is 0.214. The van der Waals surface area contributed by atoms with E-state index in [1.807, 2.05) is 20.8 Å². The third kappa shape index (κ3) is 1.93. The lowest BCUT2D eigenvalue weighted by molar-refractivity contribution is -0.176. The lowest BCUT2D eigenvalue weighted by Crippen LogP contribution is -2.67. The van der Waals surface area contributed by atoms with Crippen LogP contribution < -0.4 is 0 Å². The van der Waals surface area contributed by atoms with Crippen LogP contribution in [0.3, 0.4) is 0 Å². The van der Waals surface area contributed by atoms with Gasteiger partial charge in [0.2, 0.25) is 11.8 Å². The van der Waals surface area contributed by atoms with E-state index >= 15 is 0 Å². The topological polar surface area (TPSA) is 37.4 Å². The maximum absolute atomic E-state index is 12.4. The number of nitrogens with zero attached hydrogens (tertiary/aromatic N) is 1. The molecule has 19 heavy (non-hydrogen) atoms. The zero-order chi connectivity index (χ0) is 13.9. The quantitative estimate of drug-likeness (QED) is 0.630. The molecule has 3 rings (SSSR count). The van der Waals surface area contributed by atoms with Gasteiger partial charge in [0.15, 0.2) is 0 Å². The van der Waals surface area contributed by atoms with Crippen molar-refractivity contribution in [2.75, 3.05) is 0 Å². The van der Waals surface area contributed by atoms with Crippen LogP contribution in [0.4, 0.5) is 0 Å². The van der Waals surface area contributed by atoms with Crippen LogP contribution in [0.5, 0.6) is 0 Å². The maximum Gasteiger partial charge on any atom is 0.234 e. The van der Waals surface area contributed by atoms with Gasteiger partial charge in [-0.15, -0.1) is 0 Å². The Morgan fingerprint density at radius 3 is 2.26 bits per heavy atom. The highest BCUT2D eigenvalue weighted by Crippen LogP contribution is 2.52. The van der Waals surface area contributed by atoms with Crippen LogP contribution in [0.1, 0.15) is 53.4 Å². The van der Waals surface area contributed by atoms with Gasteiger partial charge in [-0.3, -0.25) is 14.5 Å². The second-order valence-corrected chi connectivity index (χ2v) is 8.01. The van der Waals surface area contributed by atoms with Crippen LogP contribution in [-0.4, -0.2) is 22.8 Å². The molecule has 2 aliphatic carbocycles. The van der Waals surface area contributed by atoms with Crippen molar-refractivity contribution in [3.05, 3.63) is 0 Å². The van der Waals surface area contributed by atoms with Crippen molar-refractivity contribution in [3.8, 4) is 0 Å². The van der Waals surface area contributed by atoms with E-state index in [-0.39, 0.29) is 23.8 Å². The first-order valence-electron chi connectivity index (χ1n) is 7.66. The lowest BCUT2D eigenvalue weighted by atomic mass is 9.67. The number of hydrogen-bond acceptors (Lipinski definition) is 2. The molecule has 1 saturated heterocycles. The molecule has 5 atom stereocenters. The summed E-state index contributed by atoms with van der Waals surface area (Å²) in [5, 5.41) is 0. The monoisotopic (exact) mass is 263 g/mol. The molecular weight excluding hydrogens is 238 g/mol. The van der Waals surface area contributed by atoms with Gasteiger partial charge in [0, 0.05) is 5.41 Å². The van der Waals surface area contributed by atoms with Gasteiger partial charge in [-0.1, -0.05) is 27.7 Å². The average molecular weight is 263 g/mol. The first-order valence-corrected chi connectivity index (χ1v) is 7.66. The van der Waals surface area contributed by atoms with Gasteiger partial charge >= 0.3 is 0 Å². The van der Waals surface area contributed by atoms with Crippen LogP contribution in [0.15, 0.2) is 0 Å². The number of amides is 2. The summed E-state index contributed by atoms with van der Waals surface area (Å²) in [5.74, 6) is 2.56. The summed E-state index contributed by atoms with van der Waals surface area (Å²) in [7, 11) is 0. The Hall–Kier alpha value is -0.860. The number of fused-ring (bicyclic) bond motifs is 2. The SMILES string of the molecule is CC1CC2CC3C(=O)N(C(=O)C(C)(C)C)C3CC2C1. The van der Waals surface area contributed by atoms with Crippen LogP contribution >= 0.6 is 0 Å². The third-order valence-corrected chi connectivity index (χ3v) is 5.39. The molecule has 0 bridgehead atoms. The second-order valence-electron chi connectivity index (χ2n) is 8.01. The van der Waals surface area contributed by atoms with E-state index < -0.39 is 5.41 Å². The largest absolute Gasteiger partial charge is 0.278 e. The summed E-state index contributed by atoms with van der Waals surface area (Å²) in [6.45, 7) is 8.03. The molecule has 0 aromatic carbocycles. The lowest BCUT2D eigenvalue weighted by Gasteiger charge is -2.53. The molecule has 0 radical (unpaired) electrons. The van der Waals surface area contributed by atoms with E-state index in [2.05, 4.69) is 6.92 Å². The Labute approximate surface area is 115 Å². The molecule has 1 aliphatic heterocycles. The normalized spacial score (nSPS) is 41.6. The molecule has 3 heteroatoms. The summed E-state index contributed by atoms with van der Waals surface area (Å²) >= 11 is 0. The first-order chi connectivity index (χ1) is 8.79. The molecule has 0 aromatic heterocycles. The molecule has 0 N–H and O–H groups in total. The summed E-state index contributed by atoms with van der Waals surface area (Å²) in [6.07, 6.45) is 4.67. The highest BCUT2D eigenvalue weighted by Gasteiger charge is 2.57. The molecular formula is C16H25NO2. The van der Waals surface area contributed by atoms with Gasteiger partial charge in [0.05, 0.1) is 12.0 Å². The van der Waals surface area contributed by atoms with Crippen molar-refractivity contribution in [2.24, 2.45) is 29.1 Å². The fourth-order valence-electron chi connectivity index (χ4n) is 4.47. The van der Waals surface area contributed by atoms with Gasteiger partial charge in [-0.25, -0.2) is 0 Å². The number of carbonyl (C=O) groups is 2. The van der Waals surface area contributed by atoms with Gasteiger partial charge in [0.25, 0.3) is 0 Å². The van der Waals surface area contributed by atoms with Crippen LogP contribution in [0, 0.1) is 29.1 Å². The Morgan fingerprint density at radius 2 is 1.68 bits per heavy atom. The molecule has 2 saturated carbocycles. The minimum Gasteiger partial charge on any atom is -0.278 e. The molecule has 0 aromatic rings. The molecule has 2 amide bonds. The number of hydrogen-bond donors (Lipinski definition) is 0. The molecule has 106 valence electrons. The summed E-state index contributed by atoms with van der Waals surface area (Å²) in [5.41, 5.74) is -0.444.